The van der Waals surface area contributed by atoms with Crippen LogP contribution < -0.4 is 9.47 Å². The van der Waals surface area contributed by atoms with Gasteiger partial charge in [0.25, 0.3) is 0 Å². The Morgan fingerprint density at radius 2 is 1.88 bits per heavy atom. The number of allylic oxidation sites excluding steroid dienone is 2. The molecule has 5 nitrogen and oxygen atoms in total. The molecule has 130 valence electrons. The second kappa shape index (κ2) is 6.48. The highest BCUT2D eigenvalue weighted by Crippen LogP contribution is 2.33. The van der Waals surface area contributed by atoms with E-state index in [4.69, 9.17) is 14.2 Å². The average molecular weight is 351 g/mol. The molecule has 0 aliphatic carbocycles. The zero-order valence-electron chi connectivity index (χ0n) is 13.9. The van der Waals surface area contributed by atoms with Crippen LogP contribution in [-0.2, 0) is 9.53 Å². The van der Waals surface area contributed by atoms with Gasteiger partial charge in [-0.25, -0.2) is 14.2 Å². The molecule has 0 saturated heterocycles. The molecule has 2 aliphatic rings. The number of ether oxygens (including phenoxy) is 3. The van der Waals surface area contributed by atoms with Crippen LogP contribution in [0.5, 0.6) is 11.5 Å². The first-order valence-corrected chi connectivity index (χ1v) is 7.95. The van der Waals surface area contributed by atoms with Crippen LogP contribution in [0.15, 0.2) is 64.8 Å². The lowest BCUT2D eigenvalue weighted by atomic mass is 10.1. The van der Waals surface area contributed by atoms with Gasteiger partial charge in [0.05, 0.1) is 0 Å². The molecule has 0 spiro atoms. The summed E-state index contributed by atoms with van der Waals surface area (Å²) in [4.78, 5) is 16.2. The predicted molar refractivity (Wildman–Crippen MR) is 93.3 cm³/mol. The number of rotatable bonds is 3. The van der Waals surface area contributed by atoms with Crippen LogP contribution in [0.1, 0.15) is 18.1 Å². The highest BCUT2D eigenvalue weighted by molar-refractivity contribution is 6.11. The highest BCUT2D eigenvalue weighted by atomic mass is 19.1. The summed E-state index contributed by atoms with van der Waals surface area (Å²) < 4.78 is 28.8. The zero-order valence-corrected chi connectivity index (χ0v) is 13.9. The van der Waals surface area contributed by atoms with Crippen LogP contribution >= 0.6 is 0 Å². The van der Waals surface area contributed by atoms with Crippen LogP contribution in [0.2, 0.25) is 0 Å². The molecule has 2 heterocycles. The van der Waals surface area contributed by atoms with Gasteiger partial charge in [-0.15, -0.1) is 0 Å². The van der Waals surface area contributed by atoms with Gasteiger partial charge in [-0.3, -0.25) is 0 Å². The molecule has 0 saturated carbocycles. The van der Waals surface area contributed by atoms with Crippen LogP contribution in [0, 0.1) is 5.82 Å². The molecule has 2 aliphatic heterocycles. The molecule has 0 amide bonds. The van der Waals surface area contributed by atoms with Gasteiger partial charge in [-0.2, -0.15) is 0 Å². The number of nitrogens with zero attached hydrogens (tertiary/aromatic N) is 1. The topological polar surface area (TPSA) is 57.1 Å². The number of carbonyl (C=O) groups is 1. The Balaban J connectivity index is 1.58. The number of hydrogen-bond donors (Lipinski definition) is 0. The summed E-state index contributed by atoms with van der Waals surface area (Å²) in [6.07, 6.45) is 3.54. The molecule has 4 rings (SSSR count). The SMILES string of the molecule is CC(=C\c1ccc2c(c1)OCO2)/C=C1/N=C(c2ccc(F)cc2)OC1=O. The van der Waals surface area contributed by atoms with Gasteiger partial charge in [0.1, 0.15) is 5.82 Å². The van der Waals surface area contributed by atoms with Crippen molar-refractivity contribution in [1.82, 2.24) is 0 Å². The molecule has 0 bridgehead atoms. The van der Waals surface area contributed by atoms with E-state index < -0.39 is 5.97 Å². The Hall–Kier alpha value is -3.41. The smallest absolute Gasteiger partial charge is 0.363 e. The lowest BCUT2D eigenvalue weighted by Gasteiger charge is -1.99. The van der Waals surface area contributed by atoms with E-state index in [2.05, 4.69) is 4.99 Å². The fraction of sp³-hybridized carbons (Fsp3) is 0.100. The Morgan fingerprint density at radius 3 is 2.69 bits per heavy atom. The van der Waals surface area contributed by atoms with Crippen molar-refractivity contribution in [3.63, 3.8) is 0 Å². The van der Waals surface area contributed by atoms with Crippen molar-refractivity contribution in [2.24, 2.45) is 4.99 Å². The lowest BCUT2D eigenvalue weighted by Crippen LogP contribution is -2.05. The van der Waals surface area contributed by atoms with Crippen molar-refractivity contribution < 1.29 is 23.4 Å². The molecule has 0 atom stereocenters. The third kappa shape index (κ3) is 3.21. The van der Waals surface area contributed by atoms with Gasteiger partial charge in [-0.05, 0) is 60.5 Å². The van der Waals surface area contributed by atoms with E-state index in [-0.39, 0.29) is 24.2 Å². The minimum atomic E-state index is -0.539. The minimum Gasteiger partial charge on any atom is -0.454 e. The first-order valence-electron chi connectivity index (χ1n) is 7.95. The fourth-order valence-corrected chi connectivity index (χ4v) is 2.65. The third-order valence-corrected chi connectivity index (χ3v) is 3.87. The zero-order chi connectivity index (χ0) is 18.1. The first-order chi connectivity index (χ1) is 12.6. The van der Waals surface area contributed by atoms with E-state index in [1.165, 1.54) is 24.3 Å². The van der Waals surface area contributed by atoms with E-state index in [1.54, 1.807) is 6.08 Å². The van der Waals surface area contributed by atoms with Crippen LogP contribution in [0.25, 0.3) is 6.08 Å². The fourth-order valence-electron chi connectivity index (χ4n) is 2.65. The van der Waals surface area contributed by atoms with Gasteiger partial charge in [0.2, 0.25) is 12.7 Å². The molecule has 0 radical (unpaired) electrons. The van der Waals surface area contributed by atoms with Gasteiger partial charge in [0, 0.05) is 5.56 Å². The van der Waals surface area contributed by atoms with E-state index in [0.717, 1.165) is 11.1 Å². The molecule has 6 heteroatoms. The Bertz CT molecular complexity index is 974. The van der Waals surface area contributed by atoms with E-state index in [0.29, 0.717) is 17.1 Å². The summed E-state index contributed by atoms with van der Waals surface area (Å²) in [7, 11) is 0. The standard InChI is InChI=1S/C20H14FNO4/c1-12(8-13-2-7-17-18(10-13)25-11-24-17)9-16-20(23)26-19(22-16)14-3-5-15(21)6-4-14/h2-10H,11H2,1H3/b12-8+,16-9+. The first kappa shape index (κ1) is 16.1. The summed E-state index contributed by atoms with van der Waals surface area (Å²) >= 11 is 0. The Labute approximate surface area is 149 Å². The van der Waals surface area contributed by atoms with E-state index >= 15 is 0 Å². The van der Waals surface area contributed by atoms with Gasteiger partial charge in [-0.1, -0.05) is 12.1 Å². The van der Waals surface area contributed by atoms with Gasteiger partial charge < -0.3 is 14.2 Å². The largest absolute Gasteiger partial charge is 0.454 e. The van der Waals surface area contributed by atoms with E-state index in [1.807, 2.05) is 31.2 Å². The number of fused-ring (bicyclic) bond motifs is 1. The van der Waals surface area contributed by atoms with Crippen molar-refractivity contribution in [1.29, 1.82) is 0 Å². The maximum Gasteiger partial charge on any atom is 0.363 e. The lowest BCUT2D eigenvalue weighted by molar-refractivity contribution is -0.130. The minimum absolute atomic E-state index is 0.164. The van der Waals surface area contributed by atoms with Crippen LogP contribution in [0.4, 0.5) is 4.39 Å². The summed E-state index contributed by atoms with van der Waals surface area (Å²) in [5.74, 6) is 0.666. The summed E-state index contributed by atoms with van der Waals surface area (Å²) in [6.45, 7) is 2.08. The van der Waals surface area contributed by atoms with Crippen molar-refractivity contribution in [2.45, 2.75) is 6.92 Å². The molecule has 26 heavy (non-hydrogen) atoms. The van der Waals surface area contributed by atoms with Crippen molar-refractivity contribution in [3.8, 4) is 11.5 Å². The van der Waals surface area contributed by atoms with Crippen molar-refractivity contribution in [3.05, 3.63) is 76.8 Å². The van der Waals surface area contributed by atoms with Crippen molar-refractivity contribution >= 4 is 17.9 Å². The second-order valence-electron chi connectivity index (χ2n) is 5.84. The molecule has 0 N–H and O–H groups in total. The molecule has 0 fully saturated rings. The molecular weight excluding hydrogens is 337 g/mol. The Morgan fingerprint density at radius 1 is 1.12 bits per heavy atom. The van der Waals surface area contributed by atoms with Gasteiger partial charge >= 0.3 is 5.97 Å². The summed E-state index contributed by atoms with van der Waals surface area (Å²) in [6, 6.07) is 11.2. The average Bonchev–Trinajstić information content (AvgIpc) is 3.22. The summed E-state index contributed by atoms with van der Waals surface area (Å²) in [5.41, 5.74) is 2.47. The number of carbonyl (C=O) groups excluding carboxylic acids is 1. The van der Waals surface area contributed by atoms with Gasteiger partial charge in [0.15, 0.2) is 17.2 Å². The molecule has 2 aromatic carbocycles. The normalized spacial score (nSPS) is 17.5. The maximum absolute atomic E-state index is 13.0. The van der Waals surface area contributed by atoms with Crippen LogP contribution in [0.3, 0.4) is 0 Å². The number of cyclic esters (lactones) is 1. The number of esters is 1. The third-order valence-electron chi connectivity index (χ3n) is 3.87. The predicted octanol–water partition coefficient (Wildman–Crippen LogP) is 3.85. The van der Waals surface area contributed by atoms with E-state index in [9.17, 15) is 9.18 Å². The number of hydrogen-bond acceptors (Lipinski definition) is 5. The molecule has 0 aromatic heterocycles. The number of halogens is 1. The number of benzene rings is 2. The second-order valence-corrected chi connectivity index (χ2v) is 5.84. The van der Waals surface area contributed by atoms with Crippen LogP contribution in [-0.4, -0.2) is 18.7 Å². The highest BCUT2D eigenvalue weighted by Gasteiger charge is 2.24. The van der Waals surface area contributed by atoms with Crippen molar-refractivity contribution in [2.75, 3.05) is 6.79 Å². The molecular formula is C20H14FNO4. The molecule has 0 unspecified atom stereocenters. The molecule has 2 aromatic rings. The summed E-state index contributed by atoms with van der Waals surface area (Å²) in [5, 5.41) is 0. The Kier molecular flexibility index (Phi) is 4.01. The quantitative estimate of drug-likeness (QED) is 0.623. The maximum atomic E-state index is 13.0. The monoisotopic (exact) mass is 351 g/mol. The number of aliphatic imine (C=N–C) groups is 1.